The first-order chi connectivity index (χ1) is 12.4. The van der Waals surface area contributed by atoms with Crippen molar-refractivity contribution in [2.45, 2.75) is 12.8 Å². The summed E-state index contributed by atoms with van der Waals surface area (Å²) in [4.78, 5) is 33.5. The second-order valence-corrected chi connectivity index (χ2v) is 5.20. The molecule has 2 aromatic carbocycles. The van der Waals surface area contributed by atoms with Gasteiger partial charge in [-0.05, 0) is 24.3 Å². The molecule has 2 amide bonds. The van der Waals surface area contributed by atoms with Crippen molar-refractivity contribution in [1.82, 2.24) is 5.43 Å². The van der Waals surface area contributed by atoms with Crippen molar-refractivity contribution in [3.05, 3.63) is 70.0 Å². The van der Waals surface area contributed by atoms with Crippen molar-refractivity contribution >= 4 is 29.4 Å². The summed E-state index contributed by atoms with van der Waals surface area (Å²) in [6.07, 6.45) is 1.10. The SMILES string of the molecule is O=C(CCC(=O)Nc1ccc(F)cc1)N/N=C\c1cccc([N+](=O)[O-])c1. The fourth-order valence-electron chi connectivity index (χ4n) is 1.94. The largest absolute Gasteiger partial charge is 0.326 e. The van der Waals surface area contributed by atoms with Gasteiger partial charge in [0.25, 0.3) is 5.69 Å². The minimum absolute atomic E-state index is 0.0739. The quantitative estimate of drug-likeness (QED) is 0.450. The highest BCUT2D eigenvalue weighted by Crippen LogP contribution is 2.11. The van der Waals surface area contributed by atoms with E-state index in [1.165, 1.54) is 48.7 Å². The van der Waals surface area contributed by atoms with Crippen LogP contribution in [0.25, 0.3) is 0 Å². The third kappa shape index (κ3) is 6.11. The maximum atomic E-state index is 12.8. The van der Waals surface area contributed by atoms with Crippen LogP contribution < -0.4 is 10.7 Å². The molecule has 0 radical (unpaired) electrons. The molecule has 0 heterocycles. The lowest BCUT2D eigenvalue weighted by Crippen LogP contribution is -2.20. The van der Waals surface area contributed by atoms with Crippen LogP contribution in [0.5, 0.6) is 0 Å². The van der Waals surface area contributed by atoms with Crippen molar-refractivity contribution in [2.24, 2.45) is 5.10 Å². The third-order valence-corrected chi connectivity index (χ3v) is 3.19. The van der Waals surface area contributed by atoms with Gasteiger partial charge in [-0.25, -0.2) is 9.82 Å². The van der Waals surface area contributed by atoms with Crippen LogP contribution in [-0.4, -0.2) is 23.0 Å². The highest BCUT2D eigenvalue weighted by Gasteiger charge is 2.07. The van der Waals surface area contributed by atoms with Crippen LogP contribution in [0.3, 0.4) is 0 Å². The predicted octanol–water partition coefficient (Wildman–Crippen LogP) is 2.60. The number of anilines is 1. The Labute approximate surface area is 147 Å². The molecule has 0 bridgehead atoms. The molecular weight excluding hydrogens is 343 g/mol. The van der Waals surface area contributed by atoms with E-state index in [0.717, 1.165) is 0 Å². The Kier molecular flexibility index (Phi) is 6.49. The van der Waals surface area contributed by atoms with E-state index in [0.29, 0.717) is 11.3 Å². The molecule has 0 aliphatic heterocycles. The Morgan fingerprint density at radius 3 is 2.50 bits per heavy atom. The number of hydrogen-bond donors (Lipinski definition) is 2. The standard InChI is InChI=1S/C17H15FN4O4/c18-13-4-6-14(7-5-13)20-16(23)8-9-17(24)21-19-11-12-2-1-3-15(10-12)22(25)26/h1-7,10-11H,8-9H2,(H,20,23)(H,21,24)/b19-11-. The zero-order chi connectivity index (χ0) is 18.9. The second kappa shape index (κ2) is 9.02. The van der Waals surface area contributed by atoms with Gasteiger partial charge < -0.3 is 5.32 Å². The molecule has 0 saturated carbocycles. The number of benzene rings is 2. The lowest BCUT2D eigenvalue weighted by atomic mass is 10.2. The molecule has 9 heteroatoms. The molecule has 0 fully saturated rings. The van der Waals surface area contributed by atoms with Crippen LogP contribution in [0.15, 0.2) is 53.6 Å². The number of amides is 2. The molecule has 0 aromatic heterocycles. The molecule has 2 rings (SSSR count). The van der Waals surface area contributed by atoms with Crippen LogP contribution in [-0.2, 0) is 9.59 Å². The third-order valence-electron chi connectivity index (χ3n) is 3.19. The second-order valence-electron chi connectivity index (χ2n) is 5.20. The molecule has 0 spiro atoms. The zero-order valence-electron chi connectivity index (χ0n) is 13.5. The van der Waals surface area contributed by atoms with Crippen LogP contribution in [0.2, 0.25) is 0 Å². The summed E-state index contributed by atoms with van der Waals surface area (Å²) >= 11 is 0. The van der Waals surface area contributed by atoms with E-state index in [-0.39, 0.29) is 18.5 Å². The van der Waals surface area contributed by atoms with Gasteiger partial charge in [-0.2, -0.15) is 5.10 Å². The number of hydrazone groups is 1. The highest BCUT2D eigenvalue weighted by molar-refractivity contribution is 5.93. The van der Waals surface area contributed by atoms with Crippen molar-refractivity contribution in [3.63, 3.8) is 0 Å². The maximum Gasteiger partial charge on any atom is 0.270 e. The van der Waals surface area contributed by atoms with E-state index in [4.69, 9.17) is 0 Å². The molecule has 0 atom stereocenters. The van der Waals surface area contributed by atoms with Crippen LogP contribution in [0.1, 0.15) is 18.4 Å². The first kappa shape index (κ1) is 18.7. The van der Waals surface area contributed by atoms with Gasteiger partial charge in [-0.3, -0.25) is 19.7 Å². The molecule has 8 nitrogen and oxygen atoms in total. The van der Waals surface area contributed by atoms with Gasteiger partial charge in [0.1, 0.15) is 5.82 Å². The summed E-state index contributed by atoms with van der Waals surface area (Å²) < 4.78 is 12.8. The number of rotatable bonds is 7. The molecule has 0 aliphatic carbocycles. The van der Waals surface area contributed by atoms with Gasteiger partial charge in [0, 0.05) is 36.2 Å². The molecule has 0 saturated heterocycles. The predicted molar refractivity (Wildman–Crippen MR) is 93.1 cm³/mol. The molecule has 134 valence electrons. The fraction of sp³-hybridized carbons (Fsp3) is 0.118. The number of nitrogens with one attached hydrogen (secondary N) is 2. The highest BCUT2D eigenvalue weighted by atomic mass is 19.1. The molecule has 2 aromatic rings. The van der Waals surface area contributed by atoms with E-state index in [1.807, 2.05) is 0 Å². The average Bonchev–Trinajstić information content (AvgIpc) is 2.62. The summed E-state index contributed by atoms with van der Waals surface area (Å²) in [5, 5.41) is 16.9. The summed E-state index contributed by atoms with van der Waals surface area (Å²) in [6, 6.07) is 11.0. The topological polar surface area (TPSA) is 114 Å². The Balaban J connectivity index is 1.76. The number of hydrogen-bond acceptors (Lipinski definition) is 5. The molecule has 26 heavy (non-hydrogen) atoms. The normalized spacial score (nSPS) is 10.5. The number of halogens is 1. The smallest absolute Gasteiger partial charge is 0.270 e. The van der Waals surface area contributed by atoms with E-state index >= 15 is 0 Å². The lowest BCUT2D eigenvalue weighted by molar-refractivity contribution is -0.384. The van der Waals surface area contributed by atoms with Crippen molar-refractivity contribution in [1.29, 1.82) is 0 Å². The van der Waals surface area contributed by atoms with Crippen LogP contribution in [0, 0.1) is 15.9 Å². The van der Waals surface area contributed by atoms with E-state index in [9.17, 15) is 24.1 Å². The summed E-state index contributed by atoms with van der Waals surface area (Å²) in [6.45, 7) is 0. The maximum absolute atomic E-state index is 12.8. The minimum Gasteiger partial charge on any atom is -0.326 e. The van der Waals surface area contributed by atoms with Gasteiger partial charge >= 0.3 is 0 Å². The Morgan fingerprint density at radius 1 is 1.12 bits per heavy atom. The van der Waals surface area contributed by atoms with E-state index < -0.39 is 22.6 Å². The molecule has 0 unspecified atom stereocenters. The number of carbonyl (C=O) groups excluding carboxylic acids is 2. The van der Waals surface area contributed by atoms with Gasteiger partial charge in [0.05, 0.1) is 11.1 Å². The van der Waals surface area contributed by atoms with E-state index in [2.05, 4.69) is 15.8 Å². The van der Waals surface area contributed by atoms with Gasteiger partial charge in [-0.15, -0.1) is 0 Å². The molecular formula is C17H15FN4O4. The molecule has 0 aliphatic rings. The van der Waals surface area contributed by atoms with Crippen molar-refractivity contribution in [3.8, 4) is 0 Å². The summed E-state index contributed by atoms with van der Waals surface area (Å²) in [7, 11) is 0. The van der Waals surface area contributed by atoms with Gasteiger partial charge in [0.2, 0.25) is 11.8 Å². The summed E-state index contributed by atoms with van der Waals surface area (Å²) in [5.41, 5.74) is 3.04. The number of carbonyl (C=O) groups is 2. The first-order valence-corrected chi connectivity index (χ1v) is 7.56. The summed E-state index contributed by atoms with van der Waals surface area (Å²) in [5.74, 6) is -1.29. The average molecular weight is 358 g/mol. The number of non-ortho nitro benzene ring substituents is 1. The lowest BCUT2D eigenvalue weighted by Gasteiger charge is -2.04. The number of nitro benzene ring substituents is 1. The Hall–Kier alpha value is -3.62. The zero-order valence-corrected chi connectivity index (χ0v) is 13.5. The van der Waals surface area contributed by atoms with Crippen molar-refractivity contribution in [2.75, 3.05) is 5.32 Å². The molecule has 2 N–H and O–H groups in total. The first-order valence-electron chi connectivity index (χ1n) is 7.56. The van der Waals surface area contributed by atoms with Crippen molar-refractivity contribution < 1.29 is 18.9 Å². The monoisotopic (exact) mass is 358 g/mol. The van der Waals surface area contributed by atoms with Gasteiger partial charge in [0.15, 0.2) is 0 Å². The van der Waals surface area contributed by atoms with Gasteiger partial charge in [-0.1, -0.05) is 12.1 Å². The Morgan fingerprint density at radius 2 is 1.81 bits per heavy atom. The number of nitro groups is 1. The van der Waals surface area contributed by atoms with E-state index in [1.54, 1.807) is 6.07 Å². The van der Waals surface area contributed by atoms with Crippen LogP contribution in [0.4, 0.5) is 15.8 Å². The minimum atomic E-state index is -0.532. The Bertz CT molecular complexity index is 837. The fourth-order valence-corrected chi connectivity index (χ4v) is 1.94. The number of nitrogens with zero attached hydrogens (tertiary/aromatic N) is 2. The van der Waals surface area contributed by atoms with Crippen LogP contribution >= 0.6 is 0 Å².